The van der Waals surface area contributed by atoms with Crippen LogP contribution in [-0.2, 0) is 20.0 Å². The molecule has 8 nitrogen and oxygen atoms in total. The van der Waals surface area contributed by atoms with Gasteiger partial charge in [0.1, 0.15) is 0 Å². The highest BCUT2D eigenvalue weighted by Crippen LogP contribution is 2.25. The first-order valence-corrected chi connectivity index (χ1v) is 14.3. The average molecular weight is 556 g/mol. The van der Waals surface area contributed by atoms with Crippen LogP contribution in [0.15, 0.2) is 107 Å². The first-order chi connectivity index (χ1) is 17.5. The lowest BCUT2D eigenvalue weighted by atomic mass is 10.1. The number of halogens is 1. The number of nitrogens with one attached hydrogen (secondary N) is 3. The summed E-state index contributed by atoms with van der Waals surface area (Å²) in [5.41, 5.74) is 1.67. The molecule has 11 heteroatoms. The Labute approximate surface area is 220 Å². The van der Waals surface area contributed by atoms with Crippen molar-refractivity contribution < 1.29 is 21.6 Å². The summed E-state index contributed by atoms with van der Waals surface area (Å²) in [6.45, 7) is 1.85. The molecule has 0 saturated carbocycles. The summed E-state index contributed by atoms with van der Waals surface area (Å²) < 4.78 is 55.9. The van der Waals surface area contributed by atoms with Crippen LogP contribution in [0.5, 0.6) is 0 Å². The van der Waals surface area contributed by atoms with E-state index >= 15 is 0 Å². The van der Waals surface area contributed by atoms with Crippen molar-refractivity contribution in [3.05, 3.63) is 113 Å². The molecule has 0 unspecified atom stereocenters. The number of para-hydroxylation sites is 2. The lowest BCUT2D eigenvalue weighted by Gasteiger charge is -2.13. The van der Waals surface area contributed by atoms with E-state index in [1.165, 1.54) is 48.5 Å². The fourth-order valence-corrected chi connectivity index (χ4v) is 5.75. The third-order valence-corrected chi connectivity index (χ3v) is 8.38. The summed E-state index contributed by atoms with van der Waals surface area (Å²) in [5, 5.41) is 2.92. The molecule has 0 fully saturated rings. The number of benzene rings is 4. The number of rotatable bonds is 8. The van der Waals surface area contributed by atoms with E-state index in [1.54, 1.807) is 48.5 Å². The third kappa shape index (κ3) is 6.29. The highest BCUT2D eigenvalue weighted by molar-refractivity contribution is 7.93. The molecule has 4 aromatic rings. The minimum Gasteiger partial charge on any atom is -0.322 e. The number of anilines is 3. The average Bonchev–Trinajstić information content (AvgIpc) is 2.86. The van der Waals surface area contributed by atoms with Crippen molar-refractivity contribution in [2.75, 3.05) is 14.8 Å². The Morgan fingerprint density at radius 2 is 1.14 bits per heavy atom. The summed E-state index contributed by atoms with van der Waals surface area (Å²) in [6, 6.07) is 24.5. The molecular weight excluding hydrogens is 534 g/mol. The van der Waals surface area contributed by atoms with E-state index in [2.05, 4.69) is 14.8 Å². The molecule has 0 aliphatic rings. The fourth-order valence-electron chi connectivity index (χ4n) is 3.35. The van der Waals surface area contributed by atoms with Crippen molar-refractivity contribution >= 4 is 54.6 Å². The monoisotopic (exact) mass is 555 g/mol. The molecule has 0 aliphatic heterocycles. The highest BCUT2D eigenvalue weighted by atomic mass is 35.5. The molecule has 0 atom stereocenters. The lowest BCUT2D eigenvalue weighted by molar-refractivity contribution is 0.102. The maximum Gasteiger partial charge on any atom is 0.261 e. The minimum absolute atomic E-state index is 0.0309. The number of hydrogen-bond donors (Lipinski definition) is 3. The first kappa shape index (κ1) is 26.2. The summed E-state index contributed by atoms with van der Waals surface area (Å²) in [7, 11) is -7.84. The number of carbonyl (C=O) groups excluding carboxylic acids is 1. The molecule has 37 heavy (non-hydrogen) atoms. The summed E-state index contributed by atoms with van der Waals surface area (Å²) >= 11 is 6.04. The van der Waals surface area contributed by atoms with Crippen LogP contribution in [-0.4, -0.2) is 22.7 Å². The van der Waals surface area contributed by atoms with Crippen molar-refractivity contribution in [2.45, 2.75) is 16.7 Å². The van der Waals surface area contributed by atoms with E-state index in [-0.39, 0.29) is 31.8 Å². The van der Waals surface area contributed by atoms with Gasteiger partial charge in [0.15, 0.2) is 0 Å². The number of amides is 1. The Balaban J connectivity index is 1.50. The normalized spacial score (nSPS) is 11.5. The van der Waals surface area contributed by atoms with Crippen molar-refractivity contribution in [3.8, 4) is 0 Å². The van der Waals surface area contributed by atoms with E-state index in [0.29, 0.717) is 5.69 Å². The second-order valence-corrected chi connectivity index (χ2v) is 11.8. The van der Waals surface area contributed by atoms with Crippen molar-refractivity contribution in [1.82, 2.24) is 0 Å². The van der Waals surface area contributed by atoms with Gasteiger partial charge in [-0.05, 0) is 67.6 Å². The van der Waals surface area contributed by atoms with E-state index in [1.807, 2.05) is 6.92 Å². The minimum atomic E-state index is -3.92. The van der Waals surface area contributed by atoms with Gasteiger partial charge in [-0.15, -0.1) is 0 Å². The molecule has 0 aliphatic carbocycles. The van der Waals surface area contributed by atoms with Crippen LogP contribution in [0, 0.1) is 6.92 Å². The maximum atomic E-state index is 13.0. The Morgan fingerprint density at radius 3 is 1.73 bits per heavy atom. The van der Waals surface area contributed by atoms with Crippen LogP contribution in [0.1, 0.15) is 15.9 Å². The quantitative estimate of drug-likeness (QED) is 0.265. The summed E-state index contributed by atoms with van der Waals surface area (Å²) in [4.78, 5) is 13.0. The van der Waals surface area contributed by atoms with Gasteiger partial charge in [-0.2, -0.15) is 0 Å². The van der Waals surface area contributed by atoms with Crippen LogP contribution >= 0.6 is 11.6 Å². The van der Waals surface area contributed by atoms with Gasteiger partial charge >= 0.3 is 0 Å². The predicted molar refractivity (Wildman–Crippen MR) is 145 cm³/mol. The molecule has 0 aromatic heterocycles. The predicted octanol–water partition coefficient (Wildman–Crippen LogP) is 5.50. The summed E-state index contributed by atoms with van der Waals surface area (Å²) in [5.74, 6) is -0.577. The third-order valence-electron chi connectivity index (χ3n) is 5.29. The van der Waals surface area contributed by atoms with Gasteiger partial charge in [-0.25, -0.2) is 16.8 Å². The molecule has 0 radical (unpaired) electrons. The van der Waals surface area contributed by atoms with E-state index in [0.717, 1.165) is 5.56 Å². The first-order valence-electron chi connectivity index (χ1n) is 10.9. The van der Waals surface area contributed by atoms with Gasteiger partial charge in [-0.3, -0.25) is 14.2 Å². The molecule has 1 amide bonds. The van der Waals surface area contributed by atoms with Crippen molar-refractivity contribution in [3.63, 3.8) is 0 Å². The van der Waals surface area contributed by atoms with Gasteiger partial charge in [0.05, 0.1) is 31.8 Å². The Morgan fingerprint density at radius 1 is 0.649 bits per heavy atom. The molecule has 4 rings (SSSR count). The highest BCUT2D eigenvalue weighted by Gasteiger charge is 2.20. The van der Waals surface area contributed by atoms with Crippen LogP contribution in [0.4, 0.5) is 17.1 Å². The van der Waals surface area contributed by atoms with Gasteiger partial charge in [0, 0.05) is 5.69 Å². The molecule has 0 saturated heterocycles. The van der Waals surface area contributed by atoms with Gasteiger partial charge < -0.3 is 5.32 Å². The number of hydrogen-bond acceptors (Lipinski definition) is 5. The van der Waals surface area contributed by atoms with E-state index < -0.39 is 26.0 Å². The van der Waals surface area contributed by atoms with Gasteiger partial charge in [0.2, 0.25) is 0 Å². The number of aryl methyl sites for hydroxylation is 1. The zero-order chi connectivity index (χ0) is 26.6. The number of sulfonamides is 2. The van der Waals surface area contributed by atoms with Crippen LogP contribution in [0.3, 0.4) is 0 Å². The van der Waals surface area contributed by atoms with E-state index in [9.17, 15) is 21.6 Å². The second-order valence-electron chi connectivity index (χ2n) is 8.03. The summed E-state index contributed by atoms with van der Waals surface area (Å²) in [6.07, 6.45) is 0. The molecular formula is C26H22ClN3O5S2. The zero-order valence-electron chi connectivity index (χ0n) is 19.5. The molecule has 0 heterocycles. The standard InChI is InChI=1S/C26H22ClN3O5S2/c1-18-10-14-20(15-11-18)36(32,33)29-24-8-4-2-6-22(24)26(31)28-19-12-16-21(17-13-19)37(34,35)30-25-9-5-3-7-23(25)27/h2-17,29-30H,1H3,(H,28,31). The smallest absolute Gasteiger partial charge is 0.261 e. The Hall–Kier alpha value is -3.86. The fraction of sp³-hybridized carbons (Fsp3) is 0.0385. The maximum absolute atomic E-state index is 13.0. The number of carbonyl (C=O) groups is 1. The molecule has 0 bridgehead atoms. The Bertz CT molecular complexity index is 1660. The SMILES string of the molecule is Cc1ccc(S(=O)(=O)Nc2ccccc2C(=O)Nc2ccc(S(=O)(=O)Nc3ccccc3Cl)cc2)cc1. The molecule has 4 aromatic carbocycles. The van der Waals surface area contributed by atoms with Crippen molar-refractivity contribution in [2.24, 2.45) is 0 Å². The van der Waals surface area contributed by atoms with Gasteiger partial charge in [0.25, 0.3) is 26.0 Å². The van der Waals surface area contributed by atoms with E-state index in [4.69, 9.17) is 11.6 Å². The van der Waals surface area contributed by atoms with Gasteiger partial charge in [-0.1, -0.05) is 53.6 Å². The van der Waals surface area contributed by atoms with Crippen LogP contribution in [0.2, 0.25) is 5.02 Å². The topological polar surface area (TPSA) is 121 Å². The second kappa shape index (κ2) is 10.6. The molecule has 190 valence electrons. The largest absolute Gasteiger partial charge is 0.322 e. The Kier molecular flexibility index (Phi) is 7.53. The molecule has 0 spiro atoms. The molecule has 3 N–H and O–H groups in total. The van der Waals surface area contributed by atoms with Crippen LogP contribution < -0.4 is 14.8 Å². The zero-order valence-corrected chi connectivity index (χ0v) is 21.9. The van der Waals surface area contributed by atoms with Crippen molar-refractivity contribution in [1.29, 1.82) is 0 Å². The van der Waals surface area contributed by atoms with Crippen LogP contribution in [0.25, 0.3) is 0 Å². The lowest BCUT2D eigenvalue weighted by Crippen LogP contribution is -2.18.